The summed E-state index contributed by atoms with van der Waals surface area (Å²) in [6.45, 7) is 4.76. The zero-order valence-electron chi connectivity index (χ0n) is 14.9. The molecule has 3 rings (SSSR count). The molecule has 2 aromatic rings. The molecular weight excluding hydrogens is 334 g/mol. The number of nitrogens with zero attached hydrogens (tertiary/aromatic N) is 4. The number of carbonyl (C=O) groups excluding carboxylic acids is 2. The van der Waals surface area contributed by atoms with Gasteiger partial charge in [0.2, 0.25) is 5.95 Å². The minimum atomic E-state index is -0.147. The summed E-state index contributed by atoms with van der Waals surface area (Å²) >= 11 is 0. The average Bonchev–Trinajstić information content (AvgIpc) is 3.22. The summed E-state index contributed by atoms with van der Waals surface area (Å²) in [4.78, 5) is 36.8. The SMILES string of the molecule is CCCCNc1nccc(C(=O)N2CCN(C(=O)c3ccco3)CC2)n1. The van der Waals surface area contributed by atoms with Crippen molar-refractivity contribution < 1.29 is 14.0 Å². The number of amides is 2. The van der Waals surface area contributed by atoms with Crippen LogP contribution in [0.5, 0.6) is 0 Å². The minimum absolute atomic E-state index is 0.143. The van der Waals surface area contributed by atoms with E-state index in [-0.39, 0.29) is 11.8 Å². The molecule has 0 radical (unpaired) electrons. The van der Waals surface area contributed by atoms with Crippen LogP contribution in [-0.4, -0.2) is 64.3 Å². The van der Waals surface area contributed by atoms with Crippen LogP contribution in [0.3, 0.4) is 0 Å². The van der Waals surface area contributed by atoms with E-state index in [4.69, 9.17) is 4.42 Å². The number of piperazine rings is 1. The number of furan rings is 1. The van der Waals surface area contributed by atoms with Gasteiger partial charge in [0, 0.05) is 38.9 Å². The summed E-state index contributed by atoms with van der Waals surface area (Å²) in [5.41, 5.74) is 0.366. The van der Waals surface area contributed by atoms with E-state index >= 15 is 0 Å². The van der Waals surface area contributed by atoms with Gasteiger partial charge >= 0.3 is 0 Å². The molecule has 0 atom stereocenters. The number of nitrogens with one attached hydrogen (secondary N) is 1. The number of aromatic nitrogens is 2. The molecule has 26 heavy (non-hydrogen) atoms. The third-order valence-electron chi connectivity index (χ3n) is 4.27. The van der Waals surface area contributed by atoms with Gasteiger partial charge in [-0.15, -0.1) is 0 Å². The smallest absolute Gasteiger partial charge is 0.289 e. The summed E-state index contributed by atoms with van der Waals surface area (Å²) in [6.07, 6.45) is 5.17. The maximum Gasteiger partial charge on any atom is 0.289 e. The van der Waals surface area contributed by atoms with Gasteiger partial charge in [-0.25, -0.2) is 9.97 Å². The lowest BCUT2D eigenvalue weighted by Crippen LogP contribution is -2.50. The average molecular weight is 357 g/mol. The predicted molar refractivity (Wildman–Crippen MR) is 95.9 cm³/mol. The van der Waals surface area contributed by atoms with Crippen LogP contribution in [0.1, 0.15) is 40.8 Å². The Morgan fingerprint density at radius 2 is 1.88 bits per heavy atom. The molecule has 1 fully saturated rings. The molecule has 1 N–H and O–H groups in total. The van der Waals surface area contributed by atoms with Gasteiger partial charge in [0.05, 0.1) is 6.26 Å². The monoisotopic (exact) mass is 357 g/mol. The Kier molecular flexibility index (Phi) is 5.83. The molecule has 1 saturated heterocycles. The molecule has 8 heteroatoms. The highest BCUT2D eigenvalue weighted by molar-refractivity contribution is 5.93. The number of rotatable bonds is 6. The Hall–Kier alpha value is -2.90. The highest BCUT2D eigenvalue weighted by Gasteiger charge is 2.27. The molecule has 0 spiro atoms. The molecule has 3 heterocycles. The summed E-state index contributed by atoms with van der Waals surface area (Å²) in [5, 5.41) is 3.13. The van der Waals surface area contributed by atoms with Gasteiger partial charge in [-0.05, 0) is 24.6 Å². The van der Waals surface area contributed by atoms with Gasteiger partial charge in [-0.2, -0.15) is 0 Å². The second-order valence-electron chi connectivity index (χ2n) is 6.11. The number of anilines is 1. The van der Waals surface area contributed by atoms with E-state index in [2.05, 4.69) is 22.2 Å². The standard InChI is InChI=1S/C18H23N5O3/c1-2-3-7-19-18-20-8-6-14(21-18)16(24)22-9-11-23(12-10-22)17(25)15-5-4-13-26-15/h4-6,8,13H,2-3,7,9-12H2,1H3,(H,19,20,21). The maximum atomic E-state index is 12.7. The zero-order chi connectivity index (χ0) is 18.4. The molecule has 0 aromatic carbocycles. The lowest BCUT2D eigenvalue weighted by Gasteiger charge is -2.34. The van der Waals surface area contributed by atoms with E-state index in [1.54, 1.807) is 34.2 Å². The van der Waals surface area contributed by atoms with Gasteiger partial charge in [-0.1, -0.05) is 13.3 Å². The predicted octanol–water partition coefficient (Wildman–Crippen LogP) is 1.88. The lowest BCUT2D eigenvalue weighted by molar-refractivity contribution is 0.0515. The topological polar surface area (TPSA) is 91.6 Å². The molecule has 2 amide bonds. The Labute approximate surface area is 152 Å². The molecule has 1 aliphatic heterocycles. The molecule has 0 saturated carbocycles. The fourth-order valence-corrected chi connectivity index (χ4v) is 2.77. The highest BCUT2D eigenvalue weighted by atomic mass is 16.3. The fraction of sp³-hybridized carbons (Fsp3) is 0.444. The zero-order valence-corrected chi connectivity index (χ0v) is 14.9. The van der Waals surface area contributed by atoms with Crippen molar-refractivity contribution in [1.82, 2.24) is 19.8 Å². The fourth-order valence-electron chi connectivity index (χ4n) is 2.77. The molecule has 2 aromatic heterocycles. The van der Waals surface area contributed by atoms with Crippen molar-refractivity contribution in [2.45, 2.75) is 19.8 Å². The van der Waals surface area contributed by atoms with E-state index in [1.165, 1.54) is 6.26 Å². The first-order valence-electron chi connectivity index (χ1n) is 8.88. The second-order valence-corrected chi connectivity index (χ2v) is 6.11. The number of hydrogen-bond acceptors (Lipinski definition) is 6. The summed E-state index contributed by atoms with van der Waals surface area (Å²) in [6, 6.07) is 4.95. The van der Waals surface area contributed by atoms with Crippen LogP contribution >= 0.6 is 0 Å². The molecule has 138 valence electrons. The summed E-state index contributed by atoms with van der Waals surface area (Å²) in [7, 11) is 0. The largest absolute Gasteiger partial charge is 0.459 e. The van der Waals surface area contributed by atoms with Crippen LogP contribution in [0.2, 0.25) is 0 Å². The summed E-state index contributed by atoms with van der Waals surface area (Å²) in [5.74, 6) is 0.502. The van der Waals surface area contributed by atoms with Crippen LogP contribution in [0, 0.1) is 0 Å². The van der Waals surface area contributed by atoms with Crippen molar-refractivity contribution in [2.75, 3.05) is 38.0 Å². The molecule has 1 aliphatic rings. The molecule has 8 nitrogen and oxygen atoms in total. The Balaban J connectivity index is 1.56. The van der Waals surface area contributed by atoms with Crippen LogP contribution in [0.15, 0.2) is 35.1 Å². The van der Waals surface area contributed by atoms with E-state index in [1.807, 2.05) is 0 Å². The lowest BCUT2D eigenvalue weighted by atomic mass is 10.2. The molecule has 0 bridgehead atoms. The van der Waals surface area contributed by atoms with Gasteiger partial charge in [-0.3, -0.25) is 9.59 Å². The van der Waals surface area contributed by atoms with Crippen molar-refractivity contribution in [3.63, 3.8) is 0 Å². The van der Waals surface area contributed by atoms with Crippen LogP contribution in [0.4, 0.5) is 5.95 Å². The Bertz CT molecular complexity index is 739. The highest BCUT2D eigenvalue weighted by Crippen LogP contribution is 2.12. The van der Waals surface area contributed by atoms with Gasteiger partial charge in [0.1, 0.15) is 5.69 Å². The van der Waals surface area contributed by atoms with Crippen molar-refractivity contribution in [3.8, 4) is 0 Å². The first-order valence-corrected chi connectivity index (χ1v) is 8.88. The first kappa shape index (κ1) is 17.9. The Morgan fingerprint density at radius 3 is 2.54 bits per heavy atom. The number of hydrogen-bond donors (Lipinski definition) is 1. The van der Waals surface area contributed by atoms with Crippen molar-refractivity contribution in [3.05, 3.63) is 42.1 Å². The molecule has 0 aliphatic carbocycles. The van der Waals surface area contributed by atoms with Gasteiger partial charge in [0.15, 0.2) is 5.76 Å². The quantitative estimate of drug-likeness (QED) is 0.794. The summed E-state index contributed by atoms with van der Waals surface area (Å²) < 4.78 is 5.15. The number of carbonyl (C=O) groups is 2. The van der Waals surface area contributed by atoms with Crippen LogP contribution in [0.25, 0.3) is 0 Å². The van der Waals surface area contributed by atoms with Crippen molar-refractivity contribution in [2.24, 2.45) is 0 Å². The van der Waals surface area contributed by atoms with E-state index < -0.39 is 0 Å². The van der Waals surface area contributed by atoms with Gasteiger partial charge in [0.25, 0.3) is 11.8 Å². The van der Waals surface area contributed by atoms with E-state index in [0.29, 0.717) is 43.6 Å². The third kappa shape index (κ3) is 4.19. The molecule has 0 unspecified atom stereocenters. The van der Waals surface area contributed by atoms with Crippen LogP contribution < -0.4 is 5.32 Å². The van der Waals surface area contributed by atoms with Crippen LogP contribution in [-0.2, 0) is 0 Å². The van der Waals surface area contributed by atoms with Crippen molar-refractivity contribution in [1.29, 1.82) is 0 Å². The normalized spacial score (nSPS) is 14.3. The second kappa shape index (κ2) is 8.46. The third-order valence-corrected chi connectivity index (χ3v) is 4.27. The first-order chi connectivity index (χ1) is 12.7. The Morgan fingerprint density at radius 1 is 1.15 bits per heavy atom. The van der Waals surface area contributed by atoms with Gasteiger partial charge < -0.3 is 19.5 Å². The molecular formula is C18H23N5O3. The van der Waals surface area contributed by atoms with E-state index in [9.17, 15) is 9.59 Å². The number of unbranched alkanes of at least 4 members (excludes halogenated alkanes) is 1. The minimum Gasteiger partial charge on any atom is -0.459 e. The maximum absolute atomic E-state index is 12.7. The van der Waals surface area contributed by atoms with E-state index in [0.717, 1.165) is 19.4 Å². The van der Waals surface area contributed by atoms with Crippen molar-refractivity contribution >= 4 is 17.8 Å².